The van der Waals surface area contributed by atoms with Gasteiger partial charge in [-0.05, 0) is 46.7 Å². The van der Waals surface area contributed by atoms with Gasteiger partial charge < -0.3 is 13.3 Å². The molecule has 5 heteroatoms. The molecule has 0 rings (SSSR count). The van der Waals surface area contributed by atoms with Crippen molar-refractivity contribution < 1.29 is 13.3 Å². The van der Waals surface area contributed by atoms with E-state index in [2.05, 4.69) is 18.4 Å². The third kappa shape index (κ3) is 6.86. The Morgan fingerprint density at radius 3 is 1.32 bits per heavy atom. The zero-order chi connectivity index (χ0) is 14.6. The molecule has 0 aliphatic heterocycles. The molecule has 0 N–H and O–H groups in total. The van der Waals surface area contributed by atoms with Crippen LogP contribution in [0.25, 0.3) is 0 Å². The first-order valence-electron chi connectivity index (χ1n) is 7.87. The minimum absolute atomic E-state index is 0.640. The van der Waals surface area contributed by atoms with E-state index in [4.69, 9.17) is 13.3 Å². The molecule has 0 bridgehead atoms. The molecule has 0 heterocycles. The zero-order valence-corrected chi connectivity index (χ0v) is 14.5. The molecule has 0 unspecified atom stereocenters. The van der Waals surface area contributed by atoms with E-state index in [0.29, 0.717) is 19.8 Å². The summed E-state index contributed by atoms with van der Waals surface area (Å²) in [6.07, 6.45) is 4.67. The highest BCUT2D eigenvalue weighted by atomic mass is 28.4. The van der Waals surface area contributed by atoms with Crippen LogP contribution in [0.1, 0.15) is 60.3 Å². The van der Waals surface area contributed by atoms with E-state index in [9.17, 15) is 0 Å². The Bertz CT molecular complexity index is 180. The molecule has 0 aliphatic carbocycles. The van der Waals surface area contributed by atoms with Gasteiger partial charge in [-0.25, -0.2) is 0 Å². The maximum Gasteiger partial charge on any atom is 0.599 e. The van der Waals surface area contributed by atoms with Crippen LogP contribution in [0, 0.1) is 0 Å². The molecule has 0 aromatic heterocycles. The fourth-order valence-corrected chi connectivity index (χ4v) is 4.79. The summed E-state index contributed by atoms with van der Waals surface area (Å²) < 4.78 is 20.3. The predicted octanol–water partition coefficient (Wildman–Crippen LogP) is 3.43. The Kier molecular flexibility index (Phi) is 11.9. The molecule has 0 saturated heterocycles. The average Bonchev–Trinajstić information content (AvgIpc) is 2.39. The zero-order valence-electron chi connectivity index (χ0n) is 13.5. The lowest BCUT2D eigenvalue weighted by atomic mass is 10.3. The number of nitrogens with zero attached hydrogens (tertiary/aromatic N) is 1. The minimum Gasteiger partial charge on any atom is -0.361 e. The minimum atomic E-state index is -2.67. The number of unbranched alkanes of at least 4 members (excludes halogenated alkanes) is 2. The lowest BCUT2D eigenvalue weighted by molar-refractivity contribution is 0.0159. The van der Waals surface area contributed by atoms with E-state index in [1.165, 1.54) is 12.8 Å². The molecule has 0 radical (unpaired) electrons. The summed E-state index contributed by atoms with van der Waals surface area (Å²) in [5.41, 5.74) is 0. The highest BCUT2D eigenvalue weighted by Gasteiger charge is 2.47. The molecule has 0 aromatic carbocycles. The first-order valence-corrected chi connectivity index (χ1v) is 9.54. The van der Waals surface area contributed by atoms with Gasteiger partial charge in [0, 0.05) is 19.8 Å². The summed E-state index contributed by atoms with van der Waals surface area (Å²) in [5, 5.41) is 0. The molecule has 4 nitrogen and oxygen atoms in total. The van der Waals surface area contributed by atoms with Gasteiger partial charge in [-0.3, -0.25) is 4.57 Å². The second-order valence-electron chi connectivity index (χ2n) is 4.52. The number of hydrogen-bond acceptors (Lipinski definition) is 4. The Morgan fingerprint density at radius 2 is 1.05 bits per heavy atom. The van der Waals surface area contributed by atoms with Gasteiger partial charge >= 0.3 is 8.97 Å². The maximum atomic E-state index is 5.99. The van der Waals surface area contributed by atoms with Crippen molar-refractivity contribution in [3.05, 3.63) is 0 Å². The van der Waals surface area contributed by atoms with Crippen LogP contribution >= 0.6 is 0 Å². The van der Waals surface area contributed by atoms with Crippen LogP contribution in [-0.4, -0.2) is 46.4 Å². The van der Waals surface area contributed by atoms with Crippen molar-refractivity contribution >= 4 is 8.97 Å². The van der Waals surface area contributed by atoms with Crippen molar-refractivity contribution in [3.63, 3.8) is 0 Å². The average molecular weight is 292 g/mol. The van der Waals surface area contributed by atoms with E-state index in [1.807, 2.05) is 20.8 Å². The van der Waals surface area contributed by atoms with Crippen molar-refractivity contribution in [3.8, 4) is 0 Å². The summed E-state index contributed by atoms with van der Waals surface area (Å²) >= 11 is 0. The molecule has 0 atom stereocenters. The summed E-state index contributed by atoms with van der Waals surface area (Å²) in [7, 11) is -2.67. The largest absolute Gasteiger partial charge is 0.599 e. The van der Waals surface area contributed by atoms with Crippen LogP contribution in [0.2, 0.25) is 0 Å². The highest BCUT2D eigenvalue weighted by molar-refractivity contribution is 6.57. The standard InChI is InChI=1S/C14H33NO3Si/c1-6-11-13-15(14-12-7-2)19(16-8-3,17-9-4)18-10-5/h6-14H2,1-5H3. The van der Waals surface area contributed by atoms with E-state index < -0.39 is 8.97 Å². The lowest BCUT2D eigenvalue weighted by Crippen LogP contribution is -2.61. The van der Waals surface area contributed by atoms with Crippen LogP contribution in [0.4, 0.5) is 0 Å². The molecule has 0 aliphatic rings. The molecule has 0 saturated carbocycles. The summed E-state index contributed by atoms with van der Waals surface area (Å²) in [4.78, 5) is 0. The van der Waals surface area contributed by atoms with Gasteiger partial charge in [-0.15, -0.1) is 0 Å². The third-order valence-electron chi connectivity index (χ3n) is 2.93. The summed E-state index contributed by atoms with van der Waals surface area (Å²) in [5.74, 6) is 0. The maximum absolute atomic E-state index is 5.99. The molecule has 0 aromatic rings. The number of rotatable bonds is 13. The van der Waals surface area contributed by atoms with Gasteiger partial charge in [-0.2, -0.15) is 0 Å². The van der Waals surface area contributed by atoms with Crippen molar-refractivity contribution in [2.45, 2.75) is 60.3 Å². The normalized spacial score (nSPS) is 12.3. The predicted molar refractivity (Wildman–Crippen MR) is 82.0 cm³/mol. The number of hydrogen-bond donors (Lipinski definition) is 0. The SMILES string of the molecule is CCCCN(CCCC)[Si](OCC)(OCC)OCC. The first-order chi connectivity index (χ1) is 9.20. The summed E-state index contributed by atoms with van der Waals surface area (Å²) in [6.45, 7) is 14.4. The Balaban J connectivity index is 4.91. The van der Waals surface area contributed by atoms with Gasteiger partial charge in [0.05, 0.1) is 0 Å². The topological polar surface area (TPSA) is 30.9 Å². The van der Waals surface area contributed by atoms with Crippen molar-refractivity contribution in [2.24, 2.45) is 0 Å². The van der Waals surface area contributed by atoms with Crippen LogP contribution in [-0.2, 0) is 13.3 Å². The van der Waals surface area contributed by atoms with E-state index in [-0.39, 0.29) is 0 Å². The van der Waals surface area contributed by atoms with Crippen molar-refractivity contribution in [2.75, 3.05) is 32.9 Å². The molecular formula is C14H33NO3Si. The third-order valence-corrected chi connectivity index (χ3v) is 6.11. The van der Waals surface area contributed by atoms with Gasteiger partial charge in [0.2, 0.25) is 0 Å². The van der Waals surface area contributed by atoms with Gasteiger partial charge in [-0.1, -0.05) is 26.7 Å². The van der Waals surface area contributed by atoms with Crippen LogP contribution in [0.5, 0.6) is 0 Å². The molecule has 19 heavy (non-hydrogen) atoms. The Morgan fingerprint density at radius 1 is 0.684 bits per heavy atom. The van der Waals surface area contributed by atoms with Gasteiger partial charge in [0.25, 0.3) is 0 Å². The Hall–Kier alpha value is 0.0569. The fraction of sp³-hybridized carbons (Fsp3) is 1.00. The van der Waals surface area contributed by atoms with E-state index in [0.717, 1.165) is 25.9 Å². The monoisotopic (exact) mass is 291 g/mol. The molecule has 0 spiro atoms. The van der Waals surface area contributed by atoms with E-state index in [1.54, 1.807) is 0 Å². The van der Waals surface area contributed by atoms with Crippen LogP contribution < -0.4 is 0 Å². The molecule has 0 amide bonds. The van der Waals surface area contributed by atoms with Gasteiger partial charge in [0.1, 0.15) is 0 Å². The smallest absolute Gasteiger partial charge is 0.361 e. The van der Waals surface area contributed by atoms with Gasteiger partial charge in [0.15, 0.2) is 0 Å². The van der Waals surface area contributed by atoms with Crippen molar-refractivity contribution in [1.29, 1.82) is 0 Å². The second kappa shape index (κ2) is 11.8. The van der Waals surface area contributed by atoms with E-state index >= 15 is 0 Å². The highest BCUT2D eigenvalue weighted by Crippen LogP contribution is 2.18. The van der Waals surface area contributed by atoms with Crippen LogP contribution in [0.15, 0.2) is 0 Å². The fourth-order valence-electron chi connectivity index (χ4n) is 2.03. The lowest BCUT2D eigenvalue weighted by Gasteiger charge is -2.37. The second-order valence-corrected chi connectivity index (χ2v) is 7.06. The molecular weight excluding hydrogens is 258 g/mol. The summed E-state index contributed by atoms with van der Waals surface area (Å²) in [6, 6.07) is 0. The van der Waals surface area contributed by atoms with Crippen molar-refractivity contribution in [1.82, 2.24) is 4.57 Å². The van der Waals surface area contributed by atoms with Crippen LogP contribution in [0.3, 0.4) is 0 Å². The first kappa shape index (κ1) is 19.1. The molecule has 0 fully saturated rings. The Labute approximate surface area is 120 Å². The quantitative estimate of drug-likeness (QED) is 0.486. The molecule has 116 valence electrons.